The highest BCUT2D eigenvalue weighted by Gasteiger charge is 2.32. The predicted molar refractivity (Wildman–Crippen MR) is 161 cm³/mol. The Hall–Kier alpha value is -3.84. The number of hydrogen-bond acceptors (Lipinski definition) is 6. The fourth-order valence-electron chi connectivity index (χ4n) is 4.94. The highest BCUT2D eigenvalue weighted by atomic mass is 28.3. The molecule has 3 aromatic heterocycles. The summed E-state index contributed by atoms with van der Waals surface area (Å²) in [5, 5.41) is 17.7. The molecular weight excluding hydrogens is 557 g/mol. The molecule has 0 atom stereocenters. The average molecular weight is 596 g/mol. The molecule has 2 N–H and O–H groups in total. The van der Waals surface area contributed by atoms with E-state index in [2.05, 4.69) is 29.9 Å². The minimum Gasteiger partial charge on any atom is -0.465 e. The molecular formula is C29H38FN7O4Si. The van der Waals surface area contributed by atoms with Crippen molar-refractivity contribution in [2.45, 2.75) is 65.3 Å². The van der Waals surface area contributed by atoms with Crippen LogP contribution >= 0.6 is 0 Å². The molecule has 1 aliphatic heterocycles. The third-order valence-electron chi connectivity index (χ3n) is 7.14. The van der Waals surface area contributed by atoms with E-state index >= 15 is 0 Å². The van der Waals surface area contributed by atoms with Crippen LogP contribution in [0.25, 0.3) is 33.5 Å². The number of aromatic nitrogens is 5. The third-order valence-corrected chi connectivity index (χ3v) is 8.84. The van der Waals surface area contributed by atoms with Gasteiger partial charge in [0, 0.05) is 57.4 Å². The molecule has 1 aliphatic rings. The van der Waals surface area contributed by atoms with Crippen LogP contribution < -0.4 is 5.32 Å². The van der Waals surface area contributed by atoms with E-state index in [-0.39, 0.29) is 18.6 Å². The molecule has 0 radical (unpaired) electrons. The number of amides is 2. The number of benzene rings is 1. The number of nitrogens with zero attached hydrogens (tertiary/aromatic N) is 6. The Morgan fingerprint density at radius 2 is 1.95 bits per heavy atom. The molecule has 4 aromatic rings. The monoisotopic (exact) mass is 595 g/mol. The minimum absolute atomic E-state index is 0.0663. The summed E-state index contributed by atoms with van der Waals surface area (Å²) in [4.78, 5) is 35.4. The van der Waals surface area contributed by atoms with Crippen LogP contribution in [-0.2, 0) is 18.0 Å². The fourth-order valence-corrected chi connectivity index (χ4v) is 5.70. The smallest absolute Gasteiger partial charge is 0.407 e. The standard InChI is InChI=1S/C29H38FN7O4Si/c1-29(2,3)33-27(38)21-16-36(17-41-9-10-42(4,5)6)26-25(21)32-22(12-31-26)24-20-8-7-19(30)11-23(20)37(34-24)15-18-13-35(14-18)28(39)40/h7-8,11-12,16,18H,9-10,13-15,17H2,1-6H3,(H,33,38)(H,39,40). The van der Waals surface area contributed by atoms with Gasteiger partial charge < -0.3 is 24.6 Å². The third kappa shape index (κ3) is 6.46. The molecule has 11 nitrogen and oxygen atoms in total. The normalized spacial score (nSPS) is 14.5. The highest BCUT2D eigenvalue weighted by molar-refractivity contribution is 6.76. The maximum Gasteiger partial charge on any atom is 0.407 e. The van der Waals surface area contributed by atoms with Gasteiger partial charge in [-0.15, -0.1) is 0 Å². The van der Waals surface area contributed by atoms with E-state index < -0.39 is 25.5 Å². The van der Waals surface area contributed by atoms with Crippen LogP contribution in [0.5, 0.6) is 0 Å². The van der Waals surface area contributed by atoms with Gasteiger partial charge >= 0.3 is 6.09 Å². The number of hydrogen-bond donors (Lipinski definition) is 2. The van der Waals surface area contributed by atoms with Crippen molar-refractivity contribution in [3.8, 4) is 11.4 Å². The van der Waals surface area contributed by atoms with Crippen molar-refractivity contribution in [3.63, 3.8) is 0 Å². The second-order valence-corrected chi connectivity index (χ2v) is 18.9. The van der Waals surface area contributed by atoms with Crippen molar-refractivity contribution >= 4 is 42.1 Å². The summed E-state index contributed by atoms with van der Waals surface area (Å²) in [6, 6.07) is 5.47. The van der Waals surface area contributed by atoms with Crippen molar-refractivity contribution in [1.82, 2.24) is 34.5 Å². The van der Waals surface area contributed by atoms with Crippen molar-refractivity contribution in [2.75, 3.05) is 19.7 Å². The summed E-state index contributed by atoms with van der Waals surface area (Å²) in [6.45, 7) is 14.7. The number of nitrogens with one attached hydrogen (secondary N) is 1. The zero-order chi connectivity index (χ0) is 30.4. The number of halogens is 1. The van der Waals surface area contributed by atoms with E-state index in [1.807, 2.05) is 20.8 Å². The lowest BCUT2D eigenvalue weighted by molar-refractivity contribution is 0.0737. The lowest BCUT2D eigenvalue weighted by Crippen LogP contribution is -2.50. The number of carboxylic acid groups (broad SMARTS) is 1. The minimum atomic E-state index is -1.26. The number of carbonyl (C=O) groups is 2. The molecule has 4 heterocycles. The van der Waals surface area contributed by atoms with Gasteiger partial charge in [0.15, 0.2) is 5.65 Å². The van der Waals surface area contributed by atoms with Gasteiger partial charge in [-0.1, -0.05) is 19.6 Å². The average Bonchev–Trinajstić information content (AvgIpc) is 3.39. The van der Waals surface area contributed by atoms with Gasteiger partial charge in [-0.25, -0.2) is 19.2 Å². The fraction of sp³-hybridized carbons (Fsp3) is 0.483. The van der Waals surface area contributed by atoms with Gasteiger partial charge in [0.2, 0.25) is 0 Å². The SMILES string of the molecule is CC(C)(C)NC(=O)c1cn(COCC[Si](C)(C)C)c2ncc(-c3nn(CC4CN(C(=O)O)C4)c4cc(F)ccc34)nc12. The Kier molecular flexibility index (Phi) is 7.83. The van der Waals surface area contributed by atoms with Crippen LogP contribution in [-0.4, -0.2) is 79.6 Å². The number of rotatable bonds is 9. The van der Waals surface area contributed by atoms with Crippen molar-refractivity contribution in [1.29, 1.82) is 0 Å². The molecule has 2 amide bonds. The summed E-state index contributed by atoms with van der Waals surface area (Å²) in [5.41, 5.74) is 2.39. The summed E-state index contributed by atoms with van der Waals surface area (Å²) < 4.78 is 23.8. The zero-order valence-electron chi connectivity index (χ0n) is 24.9. The van der Waals surface area contributed by atoms with Crippen molar-refractivity contribution in [3.05, 3.63) is 42.0 Å². The highest BCUT2D eigenvalue weighted by Crippen LogP contribution is 2.31. The van der Waals surface area contributed by atoms with Crippen LogP contribution in [0.2, 0.25) is 25.7 Å². The van der Waals surface area contributed by atoms with Gasteiger partial charge in [-0.05, 0) is 45.0 Å². The van der Waals surface area contributed by atoms with Crippen molar-refractivity contribution < 1.29 is 23.8 Å². The molecule has 0 unspecified atom stereocenters. The molecule has 0 saturated carbocycles. The summed E-state index contributed by atoms with van der Waals surface area (Å²) in [5.74, 6) is -0.605. The quantitative estimate of drug-likeness (QED) is 0.205. The Morgan fingerprint density at radius 3 is 2.62 bits per heavy atom. The maximum absolute atomic E-state index is 14.3. The molecule has 42 heavy (non-hydrogen) atoms. The zero-order valence-corrected chi connectivity index (χ0v) is 25.9. The van der Waals surface area contributed by atoms with Crippen LogP contribution in [0.4, 0.5) is 9.18 Å². The molecule has 1 saturated heterocycles. The first kappa shape index (κ1) is 29.6. The van der Waals surface area contributed by atoms with Crippen LogP contribution in [0.15, 0.2) is 30.6 Å². The van der Waals surface area contributed by atoms with Crippen molar-refractivity contribution in [2.24, 2.45) is 5.92 Å². The van der Waals surface area contributed by atoms with Crippen LogP contribution in [0, 0.1) is 11.7 Å². The Labute approximate surface area is 244 Å². The number of carbonyl (C=O) groups excluding carboxylic acids is 1. The molecule has 0 bridgehead atoms. The second-order valence-electron chi connectivity index (χ2n) is 13.2. The van der Waals surface area contributed by atoms with Gasteiger partial charge in [0.25, 0.3) is 5.91 Å². The van der Waals surface area contributed by atoms with E-state index in [0.717, 1.165) is 6.04 Å². The molecule has 13 heteroatoms. The van der Waals surface area contributed by atoms with E-state index in [9.17, 15) is 19.1 Å². The molecule has 5 rings (SSSR count). The first-order valence-electron chi connectivity index (χ1n) is 14.1. The lowest BCUT2D eigenvalue weighted by atomic mass is 10.0. The van der Waals surface area contributed by atoms with E-state index in [0.29, 0.717) is 65.3 Å². The first-order valence-corrected chi connectivity index (χ1v) is 17.8. The lowest BCUT2D eigenvalue weighted by Gasteiger charge is -2.36. The number of likely N-dealkylation sites (tertiary alicyclic amines) is 1. The Bertz CT molecular complexity index is 1650. The molecule has 0 spiro atoms. The summed E-state index contributed by atoms with van der Waals surface area (Å²) in [7, 11) is -1.26. The van der Waals surface area contributed by atoms with Gasteiger partial charge in [0.1, 0.15) is 29.5 Å². The van der Waals surface area contributed by atoms with E-state index in [4.69, 9.17) is 14.8 Å². The van der Waals surface area contributed by atoms with Crippen LogP contribution in [0.3, 0.4) is 0 Å². The molecule has 1 fully saturated rings. The molecule has 1 aromatic carbocycles. The topological polar surface area (TPSA) is 127 Å². The first-order chi connectivity index (χ1) is 19.7. The van der Waals surface area contributed by atoms with E-state index in [1.54, 1.807) is 27.7 Å². The number of fused-ring (bicyclic) bond motifs is 2. The maximum atomic E-state index is 14.3. The van der Waals surface area contributed by atoms with Gasteiger partial charge in [-0.2, -0.15) is 5.10 Å². The largest absolute Gasteiger partial charge is 0.465 e. The molecule has 0 aliphatic carbocycles. The van der Waals surface area contributed by atoms with E-state index in [1.165, 1.54) is 17.0 Å². The molecule has 224 valence electrons. The number of ether oxygens (including phenoxy) is 1. The van der Waals surface area contributed by atoms with Gasteiger partial charge in [0.05, 0.1) is 17.3 Å². The predicted octanol–water partition coefficient (Wildman–Crippen LogP) is 5.04. The Balaban J connectivity index is 1.52. The van der Waals surface area contributed by atoms with Gasteiger partial charge in [-0.3, -0.25) is 9.48 Å². The summed E-state index contributed by atoms with van der Waals surface area (Å²) in [6.07, 6.45) is 2.38. The second kappa shape index (κ2) is 11.1. The van der Waals surface area contributed by atoms with Crippen LogP contribution in [0.1, 0.15) is 31.1 Å². The summed E-state index contributed by atoms with van der Waals surface area (Å²) >= 11 is 0. The Morgan fingerprint density at radius 1 is 1.21 bits per heavy atom.